The third-order valence-electron chi connectivity index (χ3n) is 3.03. The maximum atomic E-state index is 4.61. The summed E-state index contributed by atoms with van der Waals surface area (Å²) in [7, 11) is 0. The molecule has 2 nitrogen and oxygen atoms in total. The zero-order valence-corrected chi connectivity index (χ0v) is 11.7. The predicted octanol–water partition coefficient (Wildman–Crippen LogP) is 4.00. The van der Waals surface area contributed by atoms with Crippen molar-refractivity contribution < 1.29 is 0 Å². The summed E-state index contributed by atoms with van der Waals surface area (Å²) in [5.74, 6) is 1.06. The Kier molecular flexibility index (Phi) is 2.92. The van der Waals surface area contributed by atoms with Crippen molar-refractivity contribution in [3.63, 3.8) is 0 Å². The predicted molar refractivity (Wildman–Crippen MR) is 76.9 cm³/mol. The molecule has 0 unspecified atom stereocenters. The molecule has 0 bridgehead atoms. The van der Waals surface area contributed by atoms with Crippen molar-refractivity contribution in [1.82, 2.24) is 9.38 Å². The van der Waals surface area contributed by atoms with Crippen molar-refractivity contribution >= 4 is 21.4 Å². The second-order valence-corrected chi connectivity index (χ2v) is 5.19. The van der Waals surface area contributed by atoms with Gasteiger partial charge in [0, 0.05) is 12.6 Å². The lowest BCUT2D eigenvalue weighted by molar-refractivity contribution is 0.957. The molecule has 0 aliphatic rings. The van der Waals surface area contributed by atoms with Gasteiger partial charge in [-0.05, 0) is 46.1 Å². The molecule has 1 aromatic carbocycles. The van der Waals surface area contributed by atoms with Crippen LogP contribution in [0.3, 0.4) is 0 Å². The monoisotopic (exact) mass is 300 g/mol. The highest BCUT2D eigenvalue weighted by atomic mass is 79.9. The summed E-state index contributed by atoms with van der Waals surface area (Å²) in [4.78, 5) is 4.61. The number of benzene rings is 1. The molecule has 0 aliphatic carbocycles. The van der Waals surface area contributed by atoms with Crippen LogP contribution >= 0.6 is 15.9 Å². The number of fused-ring (bicyclic) bond motifs is 1. The van der Waals surface area contributed by atoms with E-state index in [1.165, 1.54) is 11.1 Å². The number of hydrogen-bond donors (Lipinski definition) is 0. The van der Waals surface area contributed by atoms with E-state index in [9.17, 15) is 0 Å². The molecule has 0 radical (unpaired) electrons. The average molecular weight is 301 g/mol. The van der Waals surface area contributed by atoms with Crippen molar-refractivity contribution in [3.05, 3.63) is 70.2 Å². The van der Waals surface area contributed by atoms with Gasteiger partial charge in [0.25, 0.3) is 0 Å². The minimum absolute atomic E-state index is 0.844. The standard InChI is InChI=1S/C15H13BrN2/c1-11-7-8-18-13(9-11)15(16)17-14(18)10-12-5-3-2-4-6-12/h2-9H,10H2,1H3. The van der Waals surface area contributed by atoms with E-state index in [-0.39, 0.29) is 0 Å². The Balaban J connectivity index is 2.08. The van der Waals surface area contributed by atoms with Crippen LogP contribution < -0.4 is 0 Å². The summed E-state index contributed by atoms with van der Waals surface area (Å²) in [6.07, 6.45) is 2.93. The number of hydrogen-bond acceptors (Lipinski definition) is 1. The summed E-state index contributed by atoms with van der Waals surface area (Å²) < 4.78 is 3.06. The summed E-state index contributed by atoms with van der Waals surface area (Å²) in [6.45, 7) is 2.09. The molecule has 0 N–H and O–H groups in total. The highest BCUT2D eigenvalue weighted by Crippen LogP contribution is 2.21. The van der Waals surface area contributed by atoms with Gasteiger partial charge >= 0.3 is 0 Å². The van der Waals surface area contributed by atoms with Crippen LogP contribution in [-0.2, 0) is 6.42 Å². The Hall–Kier alpha value is -1.61. The van der Waals surface area contributed by atoms with E-state index in [4.69, 9.17) is 0 Å². The van der Waals surface area contributed by atoms with Crippen LogP contribution in [0.2, 0.25) is 0 Å². The average Bonchev–Trinajstić information content (AvgIpc) is 2.67. The van der Waals surface area contributed by atoms with Gasteiger partial charge < -0.3 is 4.40 Å². The molecule has 2 aromatic heterocycles. The first-order valence-corrected chi connectivity index (χ1v) is 6.70. The van der Waals surface area contributed by atoms with Gasteiger partial charge in [0.1, 0.15) is 10.4 Å². The SMILES string of the molecule is Cc1ccn2c(Cc3ccccc3)nc(Br)c2c1. The molecular weight excluding hydrogens is 288 g/mol. The molecule has 18 heavy (non-hydrogen) atoms. The summed E-state index contributed by atoms with van der Waals surface area (Å²) in [5, 5.41) is 0. The van der Waals surface area contributed by atoms with Gasteiger partial charge in [0.15, 0.2) is 0 Å². The Morgan fingerprint density at radius 3 is 2.72 bits per heavy atom. The van der Waals surface area contributed by atoms with Gasteiger partial charge in [-0.15, -0.1) is 0 Å². The third kappa shape index (κ3) is 2.06. The topological polar surface area (TPSA) is 17.3 Å². The molecule has 2 heterocycles. The van der Waals surface area contributed by atoms with Crippen LogP contribution in [0.1, 0.15) is 17.0 Å². The molecule has 0 saturated carbocycles. The van der Waals surface area contributed by atoms with E-state index < -0.39 is 0 Å². The van der Waals surface area contributed by atoms with E-state index >= 15 is 0 Å². The molecule has 0 fully saturated rings. The highest BCUT2D eigenvalue weighted by Gasteiger charge is 2.09. The van der Waals surface area contributed by atoms with E-state index in [1.54, 1.807) is 0 Å². The Morgan fingerprint density at radius 1 is 1.17 bits per heavy atom. The van der Waals surface area contributed by atoms with Crippen LogP contribution in [0, 0.1) is 6.92 Å². The minimum Gasteiger partial charge on any atom is -0.302 e. The van der Waals surface area contributed by atoms with Gasteiger partial charge in [0.2, 0.25) is 0 Å². The fourth-order valence-corrected chi connectivity index (χ4v) is 2.63. The largest absolute Gasteiger partial charge is 0.302 e. The maximum absolute atomic E-state index is 4.61. The van der Waals surface area contributed by atoms with E-state index in [2.05, 4.69) is 74.8 Å². The number of pyridine rings is 1. The minimum atomic E-state index is 0.844. The number of imidazole rings is 1. The lowest BCUT2D eigenvalue weighted by atomic mass is 10.1. The third-order valence-corrected chi connectivity index (χ3v) is 3.62. The first-order valence-electron chi connectivity index (χ1n) is 5.91. The van der Waals surface area contributed by atoms with Crippen LogP contribution in [-0.4, -0.2) is 9.38 Å². The number of halogens is 1. The second kappa shape index (κ2) is 4.58. The zero-order chi connectivity index (χ0) is 12.5. The van der Waals surface area contributed by atoms with Crippen LogP contribution in [0.5, 0.6) is 0 Å². The number of nitrogens with zero attached hydrogens (tertiary/aromatic N) is 2. The second-order valence-electron chi connectivity index (χ2n) is 4.44. The lowest BCUT2D eigenvalue weighted by Gasteiger charge is -2.02. The molecule has 0 atom stereocenters. The van der Waals surface area contributed by atoms with Crippen LogP contribution in [0.25, 0.3) is 5.52 Å². The van der Waals surface area contributed by atoms with Crippen LogP contribution in [0.15, 0.2) is 53.3 Å². The van der Waals surface area contributed by atoms with Gasteiger partial charge in [-0.2, -0.15) is 0 Å². The first kappa shape index (κ1) is 11.5. The lowest BCUT2D eigenvalue weighted by Crippen LogP contribution is -1.96. The smallest absolute Gasteiger partial charge is 0.132 e. The molecule has 90 valence electrons. The molecule has 3 aromatic rings. The van der Waals surface area contributed by atoms with Crippen molar-refractivity contribution in [2.24, 2.45) is 0 Å². The van der Waals surface area contributed by atoms with Gasteiger partial charge in [-0.25, -0.2) is 4.98 Å². The summed E-state index contributed by atoms with van der Waals surface area (Å²) >= 11 is 3.53. The van der Waals surface area contributed by atoms with E-state index in [0.717, 1.165) is 22.4 Å². The van der Waals surface area contributed by atoms with Crippen molar-refractivity contribution in [3.8, 4) is 0 Å². The Labute approximate surface area is 114 Å². The number of aromatic nitrogens is 2. The van der Waals surface area contributed by atoms with Crippen LogP contribution in [0.4, 0.5) is 0 Å². The summed E-state index contributed by atoms with van der Waals surface area (Å²) in [5.41, 5.74) is 3.65. The van der Waals surface area contributed by atoms with E-state index in [1.807, 2.05) is 6.07 Å². The van der Waals surface area contributed by atoms with Crippen molar-refractivity contribution in [2.45, 2.75) is 13.3 Å². The van der Waals surface area contributed by atoms with Crippen molar-refractivity contribution in [1.29, 1.82) is 0 Å². The fourth-order valence-electron chi connectivity index (χ4n) is 2.12. The molecule has 0 aliphatic heterocycles. The normalized spacial score (nSPS) is 11.0. The zero-order valence-electron chi connectivity index (χ0n) is 10.1. The Bertz CT molecular complexity index is 686. The molecule has 3 rings (SSSR count). The maximum Gasteiger partial charge on any atom is 0.132 e. The number of aryl methyl sites for hydroxylation is 1. The summed E-state index contributed by atoms with van der Waals surface area (Å²) in [6, 6.07) is 14.7. The van der Waals surface area contributed by atoms with Gasteiger partial charge in [-0.1, -0.05) is 30.3 Å². The molecule has 0 spiro atoms. The molecule has 0 saturated heterocycles. The molecular formula is C15H13BrN2. The fraction of sp³-hybridized carbons (Fsp3) is 0.133. The van der Waals surface area contributed by atoms with E-state index in [0.29, 0.717) is 0 Å². The van der Waals surface area contributed by atoms with Gasteiger partial charge in [0.05, 0.1) is 5.52 Å². The highest BCUT2D eigenvalue weighted by molar-refractivity contribution is 9.10. The first-order chi connectivity index (χ1) is 8.74. The van der Waals surface area contributed by atoms with Crippen molar-refractivity contribution in [2.75, 3.05) is 0 Å². The molecule has 0 amide bonds. The quantitative estimate of drug-likeness (QED) is 0.699. The Morgan fingerprint density at radius 2 is 1.94 bits per heavy atom. The number of rotatable bonds is 2. The molecule has 3 heteroatoms. The van der Waals surface area contributed by atoms with Gasteiger partial charge in [-0.3, -0.25) is 0 Å².